The number of hydrogen-bond donors (Lipinski definition) is 4. The number of piperidine rings is 1. The average Bonchev–Trinajstić information content (AvgIpc) is 3.21. The molecular weight excluding hydrogens is 446 g/mol. The summed E-state index contributed by atoms with van der Waals surface area (Å²) in [5, 5.41) is 20.1. The van der Waals surface area contributed by atoms with Crippen LogP contribution in [-0.4, -0.2) is 50.2 Å². The molecule has 2 atom stereocenters. The largest absolute Gasteiger partial charge is 0.488 e. The molecule has 1 saturated heterocycles. The number of aryl methyl sites for hydroxylation is 1. The number of hydrogen-bond acceptors (Lipinski definition) is 8. The second-order valence-electron chi connectivity index (χ2n) is 8.44. The van der Waals surface area contributed by atoms with E-state index in [4.69, 9.17) is 4.74 Å². The van der Waals surface area contributed by atoms with Crippen LogP contribution in [0.1, 0.15) is 24.8 Å². The molecule has 0 radical (unpaired) electrons. The first-order valence-corrected chi connectivity index (χ1v) is 11.4. The molecule has 10 heteroatoms. The number of nitrogens with one attached hydrogen (secondary N) is 3. The number of anilines is 2. The third-order valence-electron chi connectivity index (χ3n) is 6.06. The first kappa shape index (κ1) is 22.8. The molecule has 0 bridgehead atoms. The van der Waals surface area contributed by atoms with Gasteiger partial charge in [0.1, 0.15) is 18.1 Å². The summed E-state index contributed by atoms with van der Waals surface area (Å²) in [6, 6.07) is 13.3. The van der Waals surface area contributed by atoms with Gasteiger partial charge in [0.25, 0.3) is 0 Å². The van der Waals surface area contributed by atoms with Crippen molar-refractivity contribution in [2.75, 3.05) is 18.9 Å². The molecule has 4 N–H and O–H groups in total. The summed E-state index contributed by atoms with van der Waals surface area (Å²) in [7, 11) is 3.63. The zero-order valence-electron chi connectivity index (χ0n) is 19.5. The van der Waals surface area contributed by atoms with E-state index in [1.807, 2.05) is 41.9 Å². The van der Waals surface area contributed by atoms with Crippen molar-refractivity contribution in [2.24, 2.45) is 7.05 Å². The van der Waals surface area contributed by atoms with Gasteiger partial charge in [-0.1, -0.05) is 6.07 Å². The lowest BCUT2D eigenvalue weighted by atomic mass is 10.1. The zero-order chi connectivity index (χ0) is 24.4. The molecule has 1 aliphatic rings. The van der Waals surface area contributed by atoms with Gasteiger partial charge in [-0.2, -0.15) is 0 Å². The molecule has 180 valence electrons. The van der Waals surface area contributed by atoms with Gasteiger partial charge in [0.2, 0.25) is 11.9 Å². The Kier molecular flexibility index (Phi) is 6.30. The Bertz CT molecular complexity index is 1360. The van der Waals surface area contributed by atoms with Crippen LogP contribution < -0.4 is 20.7 Å². The Morgan fingerprint density at radius 3 is 2.80 bits per heavy atom. The molecule has 0 saturated carbocycles. The van der Waals surface area contributed by atoms with Gasteiger partial charge in [0.05, 0.1) is 29.1 Å². The Labute approximate surface area is 202 Å². The summed E-state index contributed by atoms with van der Waals surface area (Å²) >= 11 is 0. The SMILES string of the molecule is CNC(O)c1cc2ccc(Nc3nccc(-c4cc(OC5CCC(=O)NC5)ccn4)n3)cc2n1C. The molecular formula is C25H27N7O3. The lowest BCUT2D eigenvalue weighted by Gasteiger charge is -2.23. The van der Waals surface area contributed by atoms with E-state index in [2.05, 4.69) is 30.9 Å². The van der Waals surface area contributed by atoms with E-state index >= 15 is 0 Å². The van der Waals surface area contributed by atoms with E-state index in [0.717, 1.165) is 22.3 Å². The number of ether oxygens (including phenoxy) is 1. The van der Waals surface area contributed by atoms with Crippen molar-refractivity contribution >= 4 is 28.4 Å². The molecule has 0 spiro atoms. The lowest BCUT2D eigenvalue weighted by Crippen LogP contribution is -2.40. The fourth-order valence-electron chi connectivity index (χ4n) is 4.16. The number of aliphatic hydroxyl groups is 1. The molecule has 5 rings (SSSR count). The van der Waals surface area contributed by atoms with E-state index < -0.39 is 6.23 Å². The van der Waals surface area contributed by atoms with E-state index in [9.17, 15) is 9.90 Å². The summed E-state index contributed by atoms with van der Waals surface area (Å²) in [6.07, 6.45) is 3.71. The molecule has 1 fully saturated rings. The maximum Gasteiger partial charge on any atom is 0.227 e. The van der Waals surface area contributed by atoms with Crippen LogP contribution in [0, 0.1) is 0 Å². The van der Waals surface area contributed by atoms with Gasteiger partial charge in [0, 0.05) is 43.0 Å². The number of nitrogens with zero attached hydrogens (tertiary/aromatic N) is 4. The number of fused-ring (bicyclic) bond motifs is 1. The average molecular weight is 474 g/mol. The van der Waals surface area contributed by atoms with Gasteiger partial charge in [-0.3, -0.25) is 15.1 Å². The van der Waals surface area contributed by atoms with Crippen molar-refractivity contribution in [3.63, 3.8) is 0 Å². The number of carbonyl (C=O) groups is 1. The third-order valence-corrected chi connectivity index (χ3v) is 6.06. The van der Waals surface area contributed by atoms with Crippen molar-refractivity contribution in [2.45, 2.75) is 25.2 Å². The predicted octanol–water partition coefficient (Wildman–Crippen LogP) is 2.64. The van der Waals surface area contributed by atoms with Gasteiger partial charge in [-0.05, 0) is 43.8 Å². The lowest BCUT2D eigenvalue weighted by molar-refractivity contribution is -0.123. The molecule has 4 heterocycles. The molecule has 4 aromatic rings. The zero-order valence-corrected chi connectivity index (χ0v) is 19.5. The highest BCUT2D eigenvalue weighted by Crippen LogP contribution is 2.27. The summed E-state index contributed by atoms with van der Waals surface area (Å²) in [5.41, 5.74) is 3.90. The van der Waals surface area contributed by atoms with Gasteiger partial charge >= 0.3 is 0 Å². The monoisotopic (exact) mass is 473 g/mol. The van der Waals surface area contributed by atoms with Crippen molar-refractivity contribution in [3.8, 4) is 17.1 Å². The van der Waals surface area contributed by atoms with Crippen LogP contribution in [0.3, 0.4) is 0 Å². The smallest absolute Gasteiger partial charge is 0.227 e. The van der Waals surface area contributed by atoms with Crippen LogP contribution in [-0.2, 0) is 11.8 Å². The van der Waals surface area contributed by atoms with Gasteiger partial charge < -0.3 is 25.0 Å². The van der Waals surface area contributed by atoms with E-state index in [1.165, 1.54) is 0 Å². The summed E-state index contributed by atoms with van der Waals surface area (Å²) in [6.45, 7) is 0.499. The highest BCUT2D eigenvalue weighted by atomic mass is 16.5. The Hall–Kier alpha value is -4.02. The van der Waals surface area contributed by atoms with Crippen molar-refractivity contribution < 1.29 is 14.6 Å². The number of aromatic nitrogens is 4. The van der Waals surface area contributed by atoms with E-state index in [-0.39, 0.29) is 12.0 Å². The van der Waals surface area contributed by atoms with Crippen LogP contribution in [0.15, 0.2) is 54.9 Å². The Balaban J connectivity index is 1.34. The minimum absolute atomic E-state index is 0.0589. The third kappa shape index (κ3) is 4.93. The number of amides is 1. The predicted molar refractivity (Wildman–Crippen MR) is 132 cm³/mol. The summed E-state index contributed by atoms with van der Waals surface area (Å²) < 4.78 is 7.98. The number of benzene rings is 1. The molecule has 10 nitrogen and oxygen atoms in total. The number of rotatable bonds is 7. The molecule has 35 heavy (non-hydrogen) atoms. The fourth-order valence-corrected chi connectivity index (χ4v) is 4.16. The van der Waals surface area contributed by atoms with Crippen LogP contribution in [0.5, 0.6) is 5.75 Å². The highest BCUT2D eigenvalue weighted by molar-refractivity contribution is 5.85. The van der Waals surface area contributed by atoms with Crippen molar-refractivity contribution in [1.82, 2.24) is 30.2 Å². The normalized spacial score (nSPS) is 16.7. The maximum atomic E-state index is 11.4. The Morgan fingerprint density at radius 1 is 1.14 bits per heavy atom. The summed E-state index contributed by atoms with van der Waals surface area (Å²) in [4.78, 5) is 24.8. The topological polar surface area (TPSA) is 126 Å². The van der Waals surface area contributed by atoms with E-state index in [1.54, 1.807) is 31.6 Å². The number of pyridine rings is 1. The first-order valence-electron chi connectivity index (χ1n) is 11.4. The van der Waals surface area contributed by atoms with Crippen molar-refractivity contribution in [1.29, 1.82) is 0 Å². The van der Waals surface area contributed by atoms with Gasteiger partial charge in [-0.15, -0.1) is 0 Å². The van der Waals surface area contributed by atoms with E-state index in [0.29, 0.717) is 42.5 Å². The van der Waals surface area contributed by atoms with Crippen LogP contribution in [0.25, 0.3) is 22.3 Å². The first-order chi connectivity index (χ1) is 17.0. The molecule has 3 aromatic heterocycles. The van der Waals surface area contributed by atoms with Gasteiger partial charge in [-0.25, -0.2) is 9.97 Å². The molecule has 1 amide bonds. The minimum Gasteiger partial charge on any atom is -0.488 e. The standard InChI is InChI=1S/C25H27N7O3/c1-26-24(34)22-11-15-3-4-16(12-21(15)32(22)2)30-25-28-10-8-19(31-25)20-13-17(7-9-27-20)35-18-5-6-23(33)29-14-18/h3-4,7-13,18,24,26,34H,5-6,14H2,1-2H3,(H,29,33)(H,28,30,31). The molecule has 1 aromatic carbocycles. The quantitative estimate of drug-likeness (QED) is 0.302. The highest BCUT2D eigenvalue weighted by Gasteiger charge is 2.19. The Morgan fingerprint density at radius 2 is 2.00 bits per heavy atom. The second kappa shape index (κ2) is 9.69. The molecule has 2 unspecified atom stereocenters. The maximum absolute atomic E-state index is 11.4. The molecule has 0 aliphatic carbocycles. The minimum atomic E-state index is -0.743. The van der Waals surface area contributed by atoms with Gasteiger partial charge in [0.15, 0.2) is 0 Å². The van der Waals surface area contributed by atoms with Crippen molar-refractivity contribution in [3.05, 3.63) is 60.6 Å². The number of aliphatic hydroxyl groups excluding tert-OH is 1. The van der Waals surface area contributed by atoms with Crippen LogP contribution in [0.4, 0.5) is 11.6 Å². The molecule has 1 aliphatic heterocycles. The number of carbonyl (C=O) groups excluding carboxylic acids is 1. The fraction of sp³-hybridized carbons (Fsp3) is 0.280. The summed E-state index contributed by atoms with van der Waals surface area (Å²) in [5.74, 6) is 1.18. The van der Waals surface area contributed by atoms with Crippen LogP contribution >= 0.6 is 0 Å². The second-order valence-corrected chi connectivity index (χ2v) is 8.44. The van der Waals surface area contributed by atoms with Crippen LogP contribution in [0.2, 0.25) is 0 Å².